The summed E-state index contributed by atoms with van der Waals surface area (Å²) in [6.45, 7) is 1.87. The summed E-state index contributed by atoms with van der Waals surface area (Å²) in [6.07, 6.45) is 0. The van der Waals surface area contributed by atoms with Crippen molar-refractivity contribution < 1.29 is 14.3 Å². The van der Waals surface area contributed by atoms with Crippen LogP contribution in [0.5, 0.6) is 5.75 Å². The van der Waals surface area contributed by atoms with Gasteiger partial charge in [-0.1, -0.05) is 36.4 Å². The monoisotopic (exact) mass is 456 g/mol. The number of anilines is 2. The third kappa shape index (κ3) is 5.73. The Labute approximate surface area is 197 Å². The first-order valence-corrected chi connectivity index (χ1v) is 11.4. The molecule has 5 nitrogen and oxygen atoms in total. The van der Waals surface area contributed by atoms with E-state index in [1.165, 1.54) is 11.8 Å². The second kappa shape index (κ2) is 10.2. The lowest BCUT2D eigenvalue weighted by Crippen LogP contribution is -2.22. The van der Waals surface area contributed by atoms with Crippen molar-refractivity contribution in [1.29, 1.82) is 0 Å². The van der Waals surface area contributed by atoms with Gasteiger partial charge in [0, 0.05) is 21.8 Å². The van der Waals surface area contributed by atoms with E-state index in [0.29, 0.717) is 17.0 Å². The molecule has 0 fully saturated rings. The Bertz CT molecular complexity index is 1290. The summed E-state index contributed by atoms with van der Waals surface area (Å²) in [5.74, 6) is 0.355. The molecular weight excluding hydrogens is 432 g/mol. The number of hydrogen-bond acceptors (Lipinski definition) is 4. The van der Waals surface area contributed by atoms with Gasteiger partial charge in [-0.15, -0.1) is 11.8 Å². The molecular formula is C27H24N2O3S. The van der Waals surface area contributed by atoms with Gasteiger partial charge >= 0.3 is 0 Å². The van der Waals surface area contributed by atoms with Crippen LogP contribution in [0.25, 0.3) is 10.8 Å². The number of methoxy groups -OCH3 is 1. The van der Waals surface area contributed by atoms with Crippen LogP contribution in [-0.2, 0) is 4.79 Å². The molecule has 0 spiro atoms. The van der Waals surface area contributed by atoms with Crippen LogP contribution in [-0.4, -0.2) is 24.2 Å². The first-order valence-electron chi connectivity index (χ1n) is 10.5. The van der Waals surface area contributed by atoms with Gasteiger partial charge in [-0.25, -0.2) is 0 Å². The summed E-state index contributed by atoms with van der Waals surface area (Å²) >= 11 is 1.46. The Kier molecular flexibility index (Phi) is 6.95. The molecule has 0 bridgehead atoms. The highest BCUT2D eigenvalue weighted by atomic mass is 32.2. The first-order chi connectivity index (χ1) is 16.0. The highest BCUT2D eigenvalue weighted by Gasteiger charge is 2.15. The predicted octanol–water partition coefficient (Wildman–Crippen LogP) is 6.22. The first kappa shape index (κ1) is 22.4. The fourth-order valence-corrected chi connectivity index (χ4v) is 4.22. The third-order valence-corrected chi connectivity index (χ3v) is 6.26. The number of carbonyl (C=O) groups excluding carboxylic acids is 2. The second-order valence-electron chi connectivity index (χ2n) is 7.52. The molecule has 0 radical (unpaired) electrons. The van der Waals surface area contributed by atoms with Gasteiger partial charge in [-0.2, -0.15) is 0 Å². The second-order valence-corrected chi connectivity index (χ2v) is 8.94. The molecule has 166 valence electrons. The maximum absolute atomic E-state index is 12.7. The number of fused-ring (bicyclic) bond motifs is 1. The number of amides is 2. The van der Waals surface area contributed by atoms with Gasteiger partial charge < -0.3 is 15.4 Å². The van der Waals surface area contributed by atoms with Gasteiger partial charge in [0.05, 0.1) is 12.4 Å². The van der Waals surface area contributed by atoms with E-state index in [-0.39, 0.29) is 17.1 Å². The van der Waals surface area contributed by atoms with Gasteiger partial charge in [0.25, 0.3) is 5.91 Å². The molecule has 4 aromatic rings. The molecule has 1 unspecified atom stereocenters. The molecule has 2 N–H and O–H groups in total. The summed E-state index contributed by atoms with van der Waals surface area (Å²) < 4.78 is 5.17. The maximum Gasteiger partial charge on any atom is 0.255 e. The quantitative estimate of drug-likeness (QED) is 0.324. The van der Waals surface area contributed by atoms with Crippen molar-refractivity contribution in [3.63, 3.8) is 0 Å². The van der Waals surface area contributed by atoms with Gasteiger partial charge in [0.2, 0.25) is 5.91 Å². The minimum absolute atomic E-state index is 0.0642. The Hall–Kier alpha value is -3.77. The molecule has 1 atom stereocenters. The number of ether oxygens (including phenoxy) is 1. The van der Waals surface area contributed by atoms with E-state index in [9.17, 15) is 9.59 Å². The number of rotatable bonds is 7. The molecule has 0 aromatic heterocycles. The van der Waals surface area contributed by atoms with Crippen molar-refractivity contribution in [2.75, 3.05) is 17.7 Å². The molecule has 2 amide bonds. The van der Waals surface area contributed by atoms with Crippen LogP contribution in [0.1, 0.15) is 17.3 Å². The van der Waals surface area contributed by atoms with E-state index >= 15 is 0 Å². The van der Waals surface area contributed by atoms with Crippen LogP contribution in [0.15, 0.2) is 95.9 Å². The smallest absolute Gasteiger partial charge is 0.255 e. The van der Waals surface area contributed by atoms with E-state index in [2.05, 4.69) is 10.6 Å². The third-order valence-electron chi connectivity index (χ3n) is 5.14. The molecule has 6 heteroatoms. The molecule has 0 aliphatic heterocycles. The zero-order chi connectivity index (χ0) is 23.2. The Morgan fingerprint density at radius 3 is 2.27 bits per heavy atom. The zero-order valence-corrected chi connectivity index (χ0v) is 19.2. The average molecular weight is 457 g/mol. The van der Waals surface area contributed by atoms with E-state index < -0.39 is 0 Å². The van der Waals surface area contributed by atoms with Crippen molar-refractivity contribution in [3.05, 3.63) is 96.6 Å². The SMILES string of the molecule is COc1cccc(C(=O)Nc2ccc(SC(C)C(=O)Nc3ccc4ccccc4c3)cc2)c1. The summed E-state index contributed by atoms with van der Waals surface area (Å²) in [5, 5.41) is 7.81. The number of carbonyl (C=O) groups is 2. The number of benzene rings is 4. The lowest BCUT2D eigenvalue weighted by Gasteiger charge is -2.13. The van der Waals surface area contributed by atoms with E-state index in [4.69, 9.17) is 4.74 Å². The molecule has 0 aliphatic rings. The van der Waals surface area contributed by atoms with Crippen LogP contribution in [0.2, 0.25) is 0 Å². The summed E-state index contributed by atoms with van der Waals surface area (Å²) in [4.78, 5) is 26.1. The van der Waals surface area contributed by atoms with Crippen LogP contribution in [0, 0.1) is 0 Å². The highest BCUT2D eigenvalue weighted by Crippen LogP contribution is 2.27. The van der Waals surface area contributed by atoms with Crippen molar-refractivity contribution in [2.45, 2.75) is 17.1 Å². The van der Waals surface area contributed by atoms with Crippen molar-refractivity contribution >= 4 is 45.7 Å². The summed E-state index contributed by atoms with van der Waals surface area (Å²) in [5.41, 5.74) is 1.98. The standard InChI is InChI=1S/C27H24N2O3S/c1-18(26(30)29-23-11-10-19-6-3-4-7-20(19)16-23)33-25-14-12-22(13-15-25)28-27(31)21-8-5-9-24(17-21)32-2/h3-18H,1-2H3,(H,28,31)(H,29,30). The van der Waals surface area contributed by atoms with E-state index in [0.717, 1.165) is 21.4 Å². The van der Waals surface area contributed by atoms with Crippen LogP contribution >= 0.6 is 11.8 Å². The number of nitrogens with one attached hydrogen (secondary N) is 2. The molecule has 4 aromatic carbocycles. The summed E-state index contributed by atoms with van der Waals surface area (Å²) in [7, 11) is 1.57. The van der Waals surface area contributed by atoms with Gasteiger partial charge in [-0.3, -0.25) is 9.59 Å². The number of thioether (sulfide) groups is 1. The van der Waals surface area contributed by atoms with E-state index in [1.807, 2.05) is 73.7 Å². The molecule has 0 aliphatic carbocycles. The lowest BCUT2D eigenvalue weighted by atomic mass is 10.1. The Morgan fingerprint density at radius 2 is 1.52 bits per heavy atom. The van der Waals surface area contributed by atoms with Crippen molar-refractivity contribution in [2.24, 2.45) is 0 Å². The van der Waals surface area contributed by atoms with Crippen molar-refractivity contribution in [1.82, 2.24) is 0 Å². The fourth-order valence-electron chi connectivity index (χ4n) is 3.35. The lowest BCUT2D eigenvalue weighted by molar-refractivity contribution is -0.115. The maximum atomic E-state index is 12.7. The van der Waals surface area contributed by atoms with Crippen LogP contribution < -0.4 is 15.4 Å². The number of hydrogen-bond donors (Lipinski definition) is 2. The van der Waals surface area contributed by atoms with Gasteiger partial charge in [0.15, 0.2) is 0 Å². The molecule has 33 heavy (non-hydrogen) atoms. The van der Waals surface area contributed by atoms with Gasteiger partial charge in [0.1, 0.15) is 5.75 Å². The largest absolute Gasteiger partial charge is 0.497 e. The minimum Gasteiger partial charge on any atom is -0.497 e. The van der Waals surface area contributed by atoms with E-state index in [1.54, 1.807) is 31.4 Å². The van der Waals surface area contributed by atoms with Crippen molar-refractivity contribution in [3.8, 4) is 5.75 Å². The van der Waals surface area contributed by atoms with Crippen LogP contribution in [0.3, 0.4) is 0 Å². The molecule has 0 saturated carbocycles. The molecule has 0 heterocycles. The predicted molar refractivity (Wildman–Crippen MR) is 135 cm³/mol. The highest BCUT2D eigenvalue weighted by molar-refractivity contribution is 8.00. The molecule has 4 rings (SSSR count). The zero-order valence-electron chi connectivity index (χ0n) is 18.4. The van der Waals surface area contributed by atoms with Gasteiger partial charge in [-0.05, 0) is 72.3 Å². The molecule has 0 saturated heterocycles. The Balaban J connectivity index is 1.34. The topological polar surface area (TPSA) is 67.4 Å². The normalized spacial score (nSPS) is 11.6. The fraction of sp³-hybridized carbons (Fsp3) is 0.111. The Morgan fingerprint density at radius 1 is 0.788 bits per heavy atom. The minimum atomic E-state index is -0.284. The van der Waals surface area contributed by atoms with Crippen LogP contribution in [0.4, 0.5) is 11.4 Å². The summed E-state index contributed by atoms with van der Waals surface area (Å²) in [6, 6.07) is 28.4. The average Bonchev–Trinajstić information content (AvgIpc) is 2.85.